The molecule has 33 heavy (non-hydrogen) atoms. The van der Waals surface area contributed by atoms with Crippen molar-refractivity contribution in [3.63, 3.8) is 0 Å². The fraction of sp³-hybridized carbons (Fsp3) is 0.136. The summed E-state index contributed by atoms with van der Waals surface area (Å²) in [5, 5.41) is 4.97. The van der Waals surface area contributed by atoms with Gasteiger partial charge in [0.1, 0.15) is 15.5 Å². The van der Waals surface area contributed by atoms with E-state index in [1.807, 2.05) is 0 Å². The Balaban J connectivity index is 1.64. The summed E-state index contributed by atoms with van der Waals surface area (Å²) in [4.78, 5) is 17.3. The highest BCUT2D eigenvalue weighted by atomic mass is 32.2. The van der Waals surface area contributed by atoms with Crippen LogP contribution in [0.1, 0.15) is 5.56 Å². The van der Waals surface area contributed by atoms with Gasteiger partial charge in [0.2, 0.25) is 5.88 Å². The van der Waals surface area contributed by atoms with Gasteiger partial charge in [-0.25, -0.2) is 18.7 Å². The number of nitrogens with one attached hydrogen (secondary N) is 1. The number of ether oxygens (including phenoxy) is 2. The van der Waals surface area contributed by atoms with Crippen molar-refractivity contribution in [1.29, 1.82) is 4.78 Å². The largest absolute Gasteiger partial charge is 0.481 e. The summed E-state index contributed by atoms with van der Waals surface area (Å²) in [5.41, 5.74) is 0.412. The highest BCUT2D eigenvalue weighted by Crippen LogP contribution is 2.26. The SMILES string of the molecule is COc1ccc(Cn2ncc3cc([S@@](=N)(=O)c4ccc(OC(F)F)cc4)ccc3c2=O)cn1. The lowest BCUT2D eigenvalue weighted by Gasteiger charge is -2.11. The molecule has 0 spiro atoms. The Morgan fingerprint density at radius 1 is 1.06 bits per heavy atom. The van der Waals surface area contributed by atoms with Crippen LogP contribution in [0.5, 0.6) is 11.6 Å². The van der Waals surface area contributed by atoms with E-state index in [1.165, 1.54) is 60.5 Å². The van der Waals surface area contributed by atoms with Gasteiger partial charge >= 0.3 is 6.61 Å². The van der Waals surface area contributed by atoms with Crippen molar-refractivity contribution >= 4 is 20.5 Å². The van der Waals surface area contributed by atoms with Crippen molar-refractivity contribution in [2.75, 3.05) is 7.11 Å². The van der Waals surface area contributed by atoms with Crippen LogP contribution < -0.4 is 15.0 Å². The van der Waals surface area contributed by atoms with Crippen molar-refractivity contribution in [3.05, 3.63) is 82.9 Å². The lowest BCUT2D eigenvalue weighted by atomic mass is 10.2. The summed E-state index contributed by atoms with van der Waals surface area (Å²) in [6.07, 6.45) is 3.05. The van der Waals surface area contributed by atoms with Crippen LogP contribution in [0.3, 0.4) is 0 Å². The molecule has 0 aliphatic rings. The minimum atomic E-state index is -3.45. The topological polar surface area (TPSA) is 107 Å². The van der Waals surface area contributed by atoms with Crippen LogP contribution in [-0.2, 0) is 16.3 Å². The highest BCUT2D eigenvalue weighted by molar-refractivity contribution is 7.92. The van der Waals surface area contributed by atoms with Crippen LogP contribution in [0, 0.1) is 4.78 Å². The second kappa shape index (κ2) is 8.94. The Kier molecular flexibility index (Phi) is 6.05. The van der Waals surface area contributed by atoms with Crippen molar-refractivity contribution in [1.82, 2.24) is 14.8 Å². The third-order valence-electron chi connectivity index (χ3n) is 4.88. The minimum absolute atomic E-state index is 0.0979. The number of hydrogen-bond acceptors (Lipinski definition) is 7. The molecule has 0 aliphatic heterocycles. The van der Waals surface area contributed by atoms with Crippen molar-refractivity contribution < 1.29 is 22.5 Å². The monoisotopic (exact) mass is 472 g/mol. The second-order valence-corrected chi connectivity index (χ2v) is 9.03. The summed E-state index contributed by atoms with van der Waals surface area (Å²) < 4.78 is 56.8. The summed E-state index contributed by atoms with van der Waals surface area (Å²) in [7, 11) is -1.94. The van der Waals surface area contributed by atoms with E-state index in [9.17, 15) is 17.8 Å². The molecule has 4 rings (SSSR count). The molecule has 1 atom stereocenters. The average molecular weight is 472 g/mol. The number of rotatable bonds is 7. The summed E-state index contributed by atoms with van der Waals surface area (Å²) in [6.45, 7) is -2.77. The normalized spacial score (nSPS) is 13.1. The van der Waals surface area contributed by atoms with E-state index >= 15 is 0 Å². The molecule has 2 aromatic heterocycles. The Bertz CT molecular complexity index is 1460. The van der Waals surface area contributed by atoms with Crippen LogP contribution >= 0.6 is 0 Å². The first kappa shape index (κ1) is 22.3. The molecule has 0 aliphatic carbocycles. The summed E-state index contributed by atoms with van der Waals surface area (Å²) >= 11 is 0. The Labute approximate surface area is 187 Å². The molecule has 0 amide bonds. The summed E-state index contributed by atoms with van der Waals surface area (Å²) in [6, 6.07) is 12.9. The zero-order valence-electron chi connectivity index (χ0n) is 17.3. The molecule has 0 saturated carbocycles. The van der Waals surface area contributed by atoms with Gasteiger partial charge in [-0.15, -0.1) is 0 Å². The predicted octanol–water partition coefficient (Wildman–Crippen LogP) is 3.91. The maximum atomic E-state index is 13.2. The van der Waals surface area contributed by atoms with Gasteiger partial charge in [0.25, 0.3) is 5.56 Å². The van der Waals surface area contributed by atoms with E-state index in [-0.39, 0.29) is 27.6 Å². The number of alkyl halides is 2. The van der Waals surface area contributed by atoms with Gasteiger partial charge in [-0.1, -0.05) is 6.07 Å². The lowest BCUT2D eigenvalue weighted by molar-refractivity contribution is -0.0498. The highest BCUT2D eigenvalue weighted by Gasteiger charge is 2.16. The molecule has 0 saturated heterocycles. The van der Waals surface area contributed by atoms with Crippen LogP contribution in [-0.4, -0.2) is 32.7 Å². The van der Waals surface area contributed by atoms with Crippen LogP contribution in [0.4, 0.5) is 8.78 Å². The van der Waals surface area contributed by atoms with Crippen molar-refractivity contribution in [2.24, 2.45) is 0 Å². The van der Waals surface area contributed by atoms with Crippen LogP contribution in [0.2, 0.25) is 0 Å². The second-order valence-electron chi connectivity index (χ2n) is 6.97. The zero-order chi connectivity index (χ0) is 23.6. The molecule has 11 heteroatoms. The van der Waals surface area contributed by atoms with Crippen LogP contribution in [0.25, 0.3) is 10.8 Å². The Hall–Kier alpha value is -3.86. The van der Waals surface area contributed by atoms with Gasteiger partial charge in [0.05, 0.1) is 35.0 Å². The number of methoxy groups -OCH3 is 1. The maximum Gasteiger partial charge on any atom is 0.387 e. The standard InChI is InChI=1S/C22H18F2N4O4S/c1-31-20-9-2-14(11-26-20)13-28-21(29)19-8-7-18(10-15(19)12-27-28)33(25,30)17-5-3-16(4-6-17)32-22(23)24/h2-12,22,25H,13H2,1H3/t33-/m0/s1. The average Bonchev–Trinajstić information content (AvgIpc) is 2.81. The zero-order valence-corrected chi connectivity index (χ0v) is 18.1. The number of aromatic nitrogens is 3. The lowest BCUT2D eigenvalue weighted by Crippen LogP contribution is -2.23. The van der Waals surface area contributed by atoms with Gasteiger partial charge in [-0.05, 0) is 48.0 Å². The van der Waals surface area contributed by atoms with E-state index in [1.54, 1.807) is 18.3 Å². The molecule has 1 N–H and O–H groups in total. The molecule has 4 aromatic rings. The number of pyridine rings is 1. The molecule has 2 aromatic carbocycles. The van der Waals surface area contributed by atoms with Gasteiger partial charge in [-0.2, -0.15) is 13.9 Å². The molecule has 8 nitrogen and oxygen atoms in total. The van der Waals surface area contributed by atoms with E-state index in [0.29, 0.717) is 16.7 Å². The number of nitrogens with zero attached hydrogens (tertiary/aromatic N) is 3. The van der Waals surface area contributed by atoms with E-state index in [4.69, 9.17) is 9.52 Å². The molecule has 170 valence electrons. The minimum Gasteiger partial charge on any atom is -0.481 e. The first-order valence-corrected chi connectivity index (χ1v) is 11.2. The predicted molar refractivity (Wildman–Crippen MR) is 116 cm³/mol. The van der Waals surface area contributed by atoms with Gasteiger partial charge in [-0.3, -0.25) is 4.79 Å². The molecule has 0 fully saturated rings. The number of hydrogen-bond donors (Lipinski definition) is 1. The Morgan fingerprint density at radius 3 is 2.42 bits per heavy atom. The van der Waals surface area contributed by atoms with Gasteiger partial charge < -0.3 is 9.47 Å². The number of halogens is 2. The fourth-order valence-corrected chi connectivity index (χ4v) is 4.55. The van der Waals surface area contributed by atoms with E-state index in [2.05, 4.69) is 14.8 Å². The molecular formula is C22H18F2N4O4S. The smallest absolute Gasteiger partial charge is 0.387 e. The molecule has 0 radical (unpaired) electrons. The molecule has 0 bridgehead atoms. The molecule has 0 unspecified atom stereocenters. The maximum absolute atomic E-state index is 13.2. The van der Waals surface area contributed by atoms with E-state index < -0.39 is 16.3 Å². The van der Waals surface area contributed by atoms with Gasteiger partial charge in [0, 0.05) is 17.6 Å². The number of benzene rings is 2. The first-order chi connectivity index (χ1) is 15.8. The summed E-state index contributed by atoms with van der Waals surface area (Å²) in [5.74, 6) is 0.361. The third-order valence-corrected chi connectivity index (χ3v) is 6.73. The fourth-order valence-electron chi connectivity index (χ4n) is 3.20. The first-order valence-electron chi connectivity index (χ1n) is 9.60. The number of fused-ring (bicyclic) bond motifs is 1. The van der Waals surface area contributed by atoms with Crippen molar-refractivity contribution in [3.8, 4) is 11.6 Å². The molecule has 2 heterocycles. The third kappa shape index (κ3) is 4.67. The van der Waals surface area contributed by atoms with Crippen molar-refractivity contribution in [2.45, 2.75) is 22.9 Å². The van der Waals surface area contributed by atoms with E-state index in [0.717, 1.165) is 5.56 Å². The Morgan fingerprint density at radius 2 is 1.79 bits per heavy atom. The quantitative estimate of drug-likeness (QED) is 0.437. The van der Waals surface area contributed by atoms with Crippen LogP contribution in [0.15, 0.2) is 81.6 Å². The molecular weight excluding hydrogens is 454 g/mol. The van der Waals surface area contributed by atoms with Gasteiger partial charge in [0.15, 0.2) is 0 Å².